The van der Waals surface area contributed by atoms with Gasteiger partial charge in [-0.3, -0.25) is 0 Å². The first-order valence-electron chi connectivity index (χ1n) is 4.81. The van der Waals surface area contributed by atoms with Gasteiger partial charge in [0.25, 0.3) is 0 Å². The number of hydrogen-bond donors (Lipinski definition) is 1. The molecule has 3 heteroatoms. The highest BCUT2D eigenvalue weighted by Crippen LogP contribution is 2.01. The van der Waals surface area contributed by atoms with Crippen LogP contribution in [0.15, 0.2) is 18.3 Å². The molecule has 0 amide bonds. The average molecular weight is 182 g/mol. The monoisotopic (exact) mass is 182 g/mol. The minimum Gasteiger partial charge on any atom is -0.361 e. The summed E-state index contributed by atoms with van der Waals surface area (Å²) in [5, 5.41) is 3.29. The summed E-state index contributed by atoms with van der Waals surface area (Å²) in [4.78, 5) is 0. The molecule has 1 N–H and O–H groups in total. The van der Waals surface area contributed by atoms with Crippen molar-refractivity contribution in [3.05, 3.63) is 24.0 Å². The smallest absolute Gasteiger partial charge is 0.122 e. The Balaban J connectivity index is 2.45. The summed E-state index contributed by atoms with van der Waals surface area (Å²) < 4.78 is 7.45. The third kappa shape index (κ3) is 3.20. The first-order valence-corrected chi connectivity index (χ1v) is 4.81. The second-order valence-corrected chi connectivity index (χ2v) is 2.87. The summed E-state index contributed by atoms with van der Waals surface area (Å²) in [7, 11) is 0. The molecule has 0 unspecified atom stereocenters. The summed E-state index contributed by atoms with van der Waals surface area (Å²) in [5.74, 6) is 0. The van der Waals surface area contributed by atoms with E-state index in [-0.39, 0.29) is 0 Å². The lowest BCUT2D eigenvalue weighted by molar-refractivity contribution is 0.0860. The fourth-order valence-corrected chi connectivity index (χ4v) is 1.18. The number of rotatable bonds is 6. The molecule has 0 bridgehead atoms. The Kier molecular flexibility index (Phi) is 4.57. The quantitative estimate of drug-likeness (QED) is 0.723. The molecule has 13 heavy (non-hydrogen) atoms. The van der Waals surface area contributed by atoms with Gasteiger partial charge in [-0.25, -0.2) is 0 Å². The second-order valence-electron chi connectivity index (χ2n) is 2.87. The summed E-state index contributed by atoms with van der Waals surface area (Å²) in [6.45, 7) is 7.45. The molecule has 74 valence electrons. The van der Waals surface area contributed by atoms with Crippen LogP contribution in [0.4, 0.5) is 0 Å². The van der Waals surface area contributed by atoms with Crippen LogP contribution in [0.2, 0.25) is 0 Å². The highest BCUT2D eigenvalue weighted by atomic mass is 16.5. The predicted molar refractivity (Wildman–Crippen MR) is 53.4 cm³/mol. The van der Waals surface area contributed by atoms with E-state index >= 15 is 0 Å². The number of nitrogens with zero attached hydrogens (tertiary/aromatic N) is 1. The van der Waals surface area contributed by atoms with Gasteiger partial charge >= 0.3 is 0 Å². The van der Waals surface area contributed by atoms with Crippen LogP contribution in [0.1, 0.15) is 19.5 Å². The molecule has 1 aromatic heterocycles. The molecule has 0 saturated carbocycles. The van der Waals surface area contributed by atoms with Gasteiger partial charge in [-0.2, -0.15) is 0 Å². The maximum Gasteiger partial charge on any atom is 0.122 e. The lowest BCUT2D eigenvalue weighted by atomic mass is 10.4. The molecule has 0 spiro atoms. The molecule has 0 radical (unpaired) electrons. The molecule has 0 aliphatic rings. The number of nitrogens with one attached hydrogen (secondary N) is 1. The summed E-state index contributed by atoms with van der Waals surface area (Å²) >= 11 is 0. The van der Waals surface area contributed by atoms with E-state index in [1.165, 1.54) is 5.69 Å². The van der Waals surface area contributed by atoms with Crippen molar-refractivity contribution in [2.75, 3.05) is 13.2 Å². The van der Waals surface area contributed by atoms with E-state index in [1.54, 1.807) is 0 Å². The molecule has 0 fully saturated rings. The minimum absolute atomic E-state index is 0.657. The van der Waals surface area contributed by atoms with Crippen LogP contribution in [0.3, 0.4) is 0 Å². The van der Waals surface area contributed by atoms with Crippen molar-refractivity contribution in [3.63, 3.8) is 0 Å². The molecule has 1 rings (SSSR count). The Morgan fingerprint density at radius 1 is 1.46 bits per heavy atom. The van der Waals surface area contributed by atoms with E-state index < -0.39 is 0 Å². The first-order chi connectivity index (χ1) is 6.38. The first kappa shape index (κ1) is 10.3. The molecule has 0 aliphatic heterocycles. The highest BCUT2D eigenvalue weighted by molar-refractivity contribution is 5.06. The third-order valence-corrected chi connectivity index (χ3v) is 1.91. The van der Waals surface area contributed by atoms with Gasteiger partial charge in [0.2, 0.25) is 0 Å². The van der Waals surface area contributed by atoms with Gasteiger partial charge in [-0.1, -0.05) is 6.92 Å². The maximum atomic E-state index is 5.33. The van der Waals surface area contributed by atoms with Crippen LogP contribution in [0, 0.1) is 0 Å². The number of ether oxygens (including phenoxy) is 1. The van der Waals surface area contributed by atoms with Gasteiger partial charge < -0.3 is 14.6 Å². The zero-order chi connectivity index (χ0) is 9.52. The van der Waals surface area contributed by atoms with Crippen molar-refractivity contribution >= 4 is 0 Å². The van der Waals surface area contributed by atoms with E-state index in [9.17, 15) is 0 Å². The van der Waals surface area contributed by atoms with Gasteiger partial charge in [0, 0.05) is 25.0 Å². The van der Waals surface area contributed by atoms with E-state index in [2.05, 4.69) is 22.9 Å². The second kappa shape index (κ2) is 5.78. The Hall–Kier alpha value is -0.800. The molecular formula is C10H18N2O. The Labute approximate surface area is 79.7 Å². The summed E-state index contributed by atoms with van der Waals surface area (Å²) in [5.41, 5.74) is 1.27. The molecule has 0 aromatic carbocycles. The van der Waals surface area contributed by atoms with Gasteiger partial charge in [-0.05, 0) is 25.6 Å². The number of hydrogen-bond acceptors (Lipinski definition) is 2. The van der Waals surface area contributed by atoms with Gasteiger partial charge in [-0.15, -0.1) is 0 Å². The highest BCUT2D eigenvalue weighted by Gasteiger charge is 1.98. The van der Waals surface area contributed by atoms with E-state index in [4.69, 9.17) is 4.74 Å². The molecule has 0 atom stereocenters. The Morgan fingerprint density at radius 2 is 2.31 bits per heavy atom. The minimum atomic E-state index is 0.657. The molecule has 0 aliphatic carbocycles. The van der Waals surface area contributed by atoms with Gasteiger partial charge in [0.05, 0.1) is 0 Å². The molecule has 1 aromatic rings. The van der Waals surface area contributed by atoms with Crippen molar-refractivity contribution < 1.29 is 4.74 Å². The lowest BCUT2D eigenvalue weighted by Gasteiger charge is -2.08. The largest absolute Gasteiger partial charge is 0.361 e. The van der Waals surface area contributed by atoms with Crippen molar-refractivity contribution in [2.45, 2.75) is 27.1 Å². The van der Waals surface area contributed by atoms with Crippen LogP contribution in [0.25, 0.3) is 0 Å². The van der Waals surface area contributed by atoms with Crippen LogP contribution < -0.4 is 5.32 Å². The average Bonchev–Trinajstić information content (AvgIpc) is 2.59. The zero-order valence-corrected chi connectivity index (χ0v) is 8.42. The fraction of sp³-hybridized carbons (Fsp3) is 0.600. The lowest BCUT2D eigenvalue weighted by Crippen LogP contribution is -2.15. The van der Waals surface area contributed by atoms with E-state index in [0.717, 1.165) is 19.7 Å². The summed E-state index contributed by atoms with van der Waals surface area (Å²) in [6, 6.07) is 4.16. The summed E-state index contributed by atoms with van der Waals surface area (Å²) in [6.07, 6.45) is 2.04. The standard InChI is InChI=1S/C10H18N2O/c1-3-11-8-10-6-5-7-12(10)9-13-4-2/h5-7,11H,3-4,8-9H2,1-2H3. The normalized spacial score (nSPS) is 10.6. The fourth-order valence-electron chi connectivity index (χ4n) is 1.18. The molecule has 3 nitrogen and oxygen atoms in total. The van der Waals surface area contributed by atoms with Crippen LogP contribution >= 0.6 is 0 Å². The molecular weight excluding hydrogens is 164 g/mol. The van der Waals surface area contributed by atoms with Crippen LogP contribution in [-0.4, -0.2) is 17.7 Å². The van der Waals surface area contributed by atoms with E-state index in [0.29, 0.717) is 6.73 Å². The number of aromatic nitrogens is 1. The van der Waals surface area contributed by atoms with Crippen molar-refractivity contribution in [3.8, 4) is 0 Å². The SMILES string of the molecule is CCNCc1cccn1COCC. The molecule has 0 saturated heterocycles. The van der Waals surface area contributed by atoms with Crippen LogP contribution in [-0.2, 0) is 18.0 Å². The van der Waals surface area contributed by atoms with Crippen molar-refractivity contribution in [2.24, 2.45) is 0 Å². The van der Waals surface area contributed by atoms with Crippen molar-refractivity contribution in [1.82, 2.24) is 9.88 Å². The van der Waals surface area contributed by atoms with Crippen molar-refractivity contribution in [1.29, 1.82) is 0 Å². The van der Waals surface area contributed by atoms with E-state index in [1.807, 2.05) is 19.2 Å². The zero-order valence-electron chi connectivity index (χ0n) is 8.42. The third-order valence-electron chi connectivity index (χ3n) is 1.91. The van der Waals surface area contributed by atoms with Crippen LogP contribution in [0.5, 0.6) is 0 Å². The van der Waals surface area contributed by atoms with Gasteiger partial charge in [0.15, 0.2) is 0 Å². The van der Waals surface area contributed by atoms with Gasteiger partial charge in [0.1, 0.15) is 6.73 Å². The Bertz CT molecular complexity index is 210. The maximum absolute atomic E-state index is 5.33. The topological polar surface area (TPSA) is 26.2 Å². The molecule has 1 heterocycles. The predicted octanol–water partition coefficient (Wildman–Crippen LogP) is 1.59. The Morgan fingerprint density at radius 3 is 3.00 bits per heavy atom.